The summed E-state index contributed by atoms with van der Waals surface area (Å²) < 4.78 is 7.60. The SMILES string of the molecule is CC(C)(CCN)OCCC(C)(C)n1cc(CC(=O)N(CCC(=O)ON2C(=O)CCC2=O)CCC(=O)ON2C(=O)CCC2=O)nn1. The van der Waals surface area contributed by atoms with Crippen molar-refractivity contribution >= 4 is 41.5 Å². The second-order valence-electron chi connectivity index (χ2n) is 12.0. The number of hydrogen-bond acceptors (Lipinski definition) is 13. The third kappa shape index (κ3) is 10.1. The summed E-state index contributed by atoms with van der Waals surface area (Å²) in [5.74, 6) is -4.97. The van der Waals surface area contributed by atoms with Gasteiger partial charge in [0.25, 0.3) is 23.6 Å². The molecule has 2 aliphatic heterocycles. The van der Waals surface area contributed by atoms with Crippen molar-refractivity contribution in [1.82, 2.24) is 30.0 Å². The van der Waals surface area contributed by atoms with Gasteiger partial charge in [0.15, 0.2) is 0 Å². The monoisotopic (exact) mass is 635 g/mol. The van der Waals surface area contributed by atoms with E-state index in [4.69, 9.17) is 20.1 Å². The average Bonchev–Trinajstić information content (AvgIpc) is 3.65. The molecule has 1 aromatic rings. The standard InChI is InChI=1S/C28H41N7O10/c1-27(2,12-16-43-28(3,4)11-13-29)33-18-19(30-31-33)17-24(40)32(14-9-25(41)44-34-20(36)5-6-21(34)37)15-10-26(42)45-35-22(38)7-8-23(35)39/h18H,5-17,29H2,1-4H3. The Labute approximate surface area is 260 Å². The van der Waals surface area contributed by atoms with Gasteiger partial charge in [-0.1, -0.05) is 5.21 Å². The van der Waals surface area contributed by atoms with E-state index in [9.17, 15) is 33.6 Å². The number of imide groups is 2. The van der Waals surface area contributed by atoms with E-state index in [1.54, 1.807) is 10.9 Å². The molecule has 1 aromatic heterocycles. The molecule has 3 heterocycles. The smallest absolute Gasteiger partial charge is 0.334 e. The van der Waals surface area contributed by atoms with Crippen molar-refractivity contribution in [2.75, 3.05) is 26.2 Å². The minimum absolute atomic E-state index is 0.0718. The Balaban J connectivity index is 1.62. The largest absolute Gasteiger partial charge is 0.375 e. The van der Waals surface area contributed by atoms with Crippen LogP contribution in [0.25, 0.3) is 0 Å². The number of ether oxygens (including phenoxy) is 1. The second-order valence-corrected chi connectivity index (χ2v) is 12.0. The number of hydrogen-bond donors (Lipinski definition) is 1. The van der Waals surface area contributed by atoms with Crippen LogP contribution in [0.1, 0.15) is 84.8 Å². The van der Waals surface area contributed by atoms with E-state index in [0.29, 0.717) is 41.8 Å². The molecule has 0 spiro atoms. The van der Waals surface area contributed by atoms with Crippen LogP contribution in [-0.4, -0.2) is 103 Å². The maximum Gasteiger partial charge on any atom is 0.334 e. The number of carbonyl (C=O) groups excluding carboxylic acids is 7. The van der Waals surface area contributed by atoms with Crippen LogP contribution in [0.4, 0.5) is 0 Å². The highest BCUT2D eigenvalue weighted by atomic mass is 16.7. The quantitative estimate of drug-likeness (QED) is 0.222. The van der Waals surface area contributed by atoms with E-state index < -0.39 is 59.9 Å². The number of nitrogens with zero attached hydrogens (tertiary/aromatic N) is 6. The zero-order valence-corrected chi connectivity index (χ0v) is 26.1. The molecule has 3 rings (SSSR count). The molecule has 0 atom stereocenters. The van der Waals surface area contributed by atoms with Crippen LogP contribution < -0.4 is 5.73 Å². The Morgan fingerprint density at radius 2 is 1.33 bits per heavy atom. The van der Waals surface area contributed by atoms with Crippen LogP contribution in [0.5, 0.6) is 0 Å². The van der Waals surface area contributed by atoms with Gasteiger partial charge in [-0.3, -0.25) is 24.0 Å². The molecular formula is C28H41N7O10. The minimum atomic E-state index is -0.934. The van der Waals surface area contributed by atoms with Crippen LogP contribution in [0.2, 0.25) is 0 Å². The predicted molar refractivity (Wildman–Crippen MR) is 152 cm³/mol. The highest BCUT2D eigenvalue weighted by Crippen LogP contribution is 2.22. The lowest BCUT2D eigenvalue weighted by Crippen LogP contribution is -2.39. The van der Waals surface area contributed by atoms with Gasteiger partial charge >= 0.3 is 11.9 Å². The number of amides is 5. The first-order chi connectivity index (χ1) is 21.1. The van der Waals surface area contributed by atoms with Gasteiger partial charge in [0.1, 0.15) is 0 Å². The second kappa shape index (κ2) is 15.2. The van der Waals surface area contributed by atoms with Crippen molar-refractivity contribution in [3.05, 3.63) is 11.9 Å². The van der Waals surface area contributed by atoms with Crippen molar-refractivity contribution < 1.29 is 48.0 Å². The van der Waals surface area contributed by atoms with Crippen LogP contribution >= 0.6 is 0 Å². The summed E-state index contributed by atoms with van der Waals surface area (Å²) in [6, 6.07) is 0. The number of nitrogens with two attached hydrogens (primary N) is 1. The molecule has 0 bridgehead atoms. The molecule has 17 nitrogen and oxygen atoms in total. The summed E-state index contributed by atoms with van der Waals surface area (Å²) in [4.78, 5) is 96.1. The fourth-order valence-electron chi connectivity index (χ4n) is 4.48. The highest BCUT2D eigenvalue weighted by molar-refractivity contribution is 6.02. The zero-order chi connectivity index (χ0) is 33.4. The Morgan fingerprint density at radius 1 is 0.844 bits per heavy atom. The van der Waals surface area contributed by atoms with Crippen LogP contribution in [0.15, 0.2) is 6.20 Å². The summed E-state index contributed by atoms with van der Waals surface area (Å²) in [5.41, 5.74) is 5.10. The summed E-state index contributed by atoms with van der Waals surface area (Å²) in [5, 5.41) is 9.10. The molecule has 2 fully saturated rings. The van der Waals surface area contributed by atoms with Crippen molar-refractivity contribution in [2.24, 2.45) is 5.73 Å². The van der Waals surface area contributed by atoms with Crippen molar-refractivity contribution in [2.45, 2.75) is 96.6 Å². The Hall–Kier alpha value is -4.25. The lowest BCUT2D eigenvalue weighted by Gasteiger charge is -2.29. The van der Waals surface area contributed by atoms with Gasteiger partial charge in [-0.25, -0.2) is 14.3 Å². The fourth-order valence-corrected chi connectivity index (χ4v) is 4.48. The topological polar surface area (TPSA) is 214 Å². The van der Waals surface area contributed by atoms with Gasteiger partial charge in [-0.15, -0.1) is 15.2 Å². The van der Waals surface area contributed by atoms with E-state index in [2.05, 4.69) is 10.3 Å². The molecule has 45 heavy (non-hydrogen) atoms. The Bertz CT molecular complexity index is 1220. The molecule has 2 saturated heterocycles. The molecule has 0 saturated carbocycles. The minimum Gasteiger partial charge on any atom is -0.375 e. The number of rotatable bonds is 17. The molecule has 0 radical (unpaired) electrons. The molecule has 248 valence electrons. The number of hydroxylamine groups is 4. The summed E-state index contributed by atoms with van der Waals surface area (Å²) >= 11 is 0. The first kappa shape index (κ1) is 35.2. The lowest BCUT2D eigenvalue weighted by molar-refractivity contribution is -0.198. The highest BCUT2D eigenvalue weighted by Gasteiger charge is 2.34. The fraction of sp³-hybridized carbons (Fsp3) is 0.679. The van der Waals surface area contributed by atoms with Crippen LogP contribution in [0.3, 0.4) is 0 Å². The van der Waals surface area contributed by atoms with Gasteiger partial charge in [0.2, 0.25) is 5.91 Å². The van der Waals surface area contributed by atoms with Crippen molar-refractivity contribution in [3.63, 3.8) is 0 Å². The van der Waals surface area contributed by atoms with E-state index in [1.165, 1.54) is 4.90 Å². The van der Waals surface area contributed by atoms with E-state index in [0.717, 1.165) is 0 Å². The molecule has 2 aliphatic rings. The normalized spacial score (nSPS) is 15.7. The predicted octanol–water partition coefficient (Wildman–Crippen LogP) is -0.0870. The van der Waals surface area contributed by atoms with E-state index in [1.807, 2.05) is 27.7 Å². The molecular weight excluding hydrogens is 594 g/mol. The van der Waals surface area contributed by atoms with Gasteiger partial charge in [0, 0.05) is 51.6 Å². The first-order valence-electron chi connectivity index (χ1n) is 14.8. The van der Waals surface area contributed by atoms with Gasteiger partial charge in [0.05, 0.1) is 36.1 Å². The van der Waals surface area contributed by atoms with Crippen LogP contribution in [0, 0.1) is 0 Å². The third-order valence-electron chi connectivity index (χ3n) is 7.37. The molecule has 17 heteroatoms. The third-order valence-corrected chi connectivity index (χ3v) is 7.37. The van der Waals surface area contributed by atoms with Crippen molar-refractivity contribution in [3.8, 4) is 0 Å². The maximum absolute atomic E-state index is 13.3. The van der Waals surface area contributed by atoms with Gasteiger partial charge < -0.3 is 25.0 Å². The number of aromatic nitrogens is 3. The molecule has 0 aromatic carbocycles. The maximum atomic E-state index is 13.3. The molecule has 0 unspecified atom stereocenters. The zero-order valence-electron chi connectivity index (χ0n) is 26.1. The summed E-state index contributed by atoms with van der Waals surface area (Å²) in [6.07, 6.45) is 1.61. The van der Waals surface area contributed by atoms with Crippen molar-refractivity contribution in [1.29, 1.82) is 0 Å². The van der Waals surface area contributed by atoms with E-state index in [-0.39, 0.29) is 50.8 Å². The summed E-state index contributed by atoms with van der Waals surface area (Å²) in [7, 11) is 0. The number of carbonyl (C=O) groups is 7. The summed E-state index contributed by atoms with van der Waals surface area (Å²) in [6.45, 7) is 8.30. The molecule has 5 amide bonds. The van der Waals surface area contributed by atoms with Gasteiger partial charge in [-0.2, -0.15) is 0 Å². The van der Waals surface area contributed by atoms with Gasteiger partial charge in [-0.05, 0) is 47.1 Å². The van der Waals surface area contributed by atoms with Crippen LogP contribution in [-0.2, 0) is 59.9 Å². The lowest BCUT2D eigenvalue weighted by atomic mass is 10.0. The first-order valence-corrected chi connectivity index (χ1v) is 14.8. The van der Waals surface area contributed by atoms with E-state index >= 15 is 0 Å². The average molecular weight is 636 g/mol. The molecule has 2 N–H and O–H groups in total. The Kier molecular flexibility index (Phi) is 11.9. The Morgan fingerprint density at radius 3 is 1.80 bits per heavy atom. The molecule has 0 aliphatic carbocycles.